The van der Waals surface area contributed by atoms with E-state index < -0.39 is 25.7 Å². The summed E-state index contributed by atoms with van der Waals surface area (Å²) < 4.78 is 1.75. The molecule has 3 heteroatoms. The van der Waals surface area contributed by atoms with Crippen LogP contribution in [-0.2, 0) is 4.79 Å². The maximum atomic E-state index is 10.1. The SMILES string of the molecule is CCCCCCCCCCCC(=O)[O-].C[C](C)(C)[Sn+]([C](C)(C)C)[C](C)(C)C. The van der Waals surface area contributed by atoms with Gasteiger partial charge >= 0.3 is 92.4 Å². The molecule has 27 heavy (non-hydrogen) atoms. The number of carboxylic acid groups (broad SMARTS) is 1. The van der Waals surface area contributed by atoms with Crippen LogP contribution in [0, 0.1) is 0 Å². The number of carbonyl (C=O) groups excluding carboxylic acids is 1. The monoisotopic (exact) mass is 490 g/mol. The topological polar surface area (TPSA) is 40.1 Å². The van der Waals surface area contributed by atoms with Crippen LogP contribution < -0.4 is 5.11 Å². The Morgan fingerprint density at radius 2 is 0.926 bits per heavy atom. The number of unbranched alkanes of at least 4 members (excludes halogenated alkanes) is 8. The molecule has 0 spiro atoms. The van der Waals surface area contributed by atoms with E-state index in [1.54, 1.807) is 0 Å². The van der Waals surface area contributed by atoms with Gasteiger partial charge in [-0.15, -0.1) is 0 Å². The molecule has 0 N–H and O–H groups in total. The minimum atomic E-state index is -1.43. The second-order valence-electron chi connectivity index (χ2n) is 11.1. The van der Waals surface area contributed by atoms with E-state index in [1.807, 2.05) is 0 Å². The fourth-order valence-corrected chi connectivity index (χ4v) is 24.2. The first-order valence-electron chi connectivity index (χ1n) is 11.2. The molecule has 0 aromatic heterocycles. The average molecular weight is 489 g/mol. The van der Waals surface area contributed by atoms with Crippen LogP contribution in [0.4, 0.5) is 0 Å². The zero-order chi connectivity index (χ0) is 21.7. The van der Waals surface area contributed by atoms with Crippen LogP contribution in [0.3, 0.4) is 0 Å². The Morgan fingerprint density at radius 1 is 0.630 bits per heavy atom. The van der Waals surface area contributed by atoms with Gasteiger partial charge in [0.25, 0.3) is 0 Å². The van der Waals surface area contributed by atoms with E-state index in [9.17, 15) is 9.90 Å². The van der Waals surface area contributed by atoms with Gasteiger partial charge in [-0.2, -0.15) is 0 Å². The summed E-state index contributed by atoms with van der Waals surface area (Å²) in [7, 11) is 0. The fourth-order valence-electron chi connectivity index (χ4n) is 4.95. The summed E-state index contributed by atoms with van der Waals surface area (Å²) in [5.74, 6) is -0.909. The van der Waals surface area contributed by atoms with Crippen LogP contribution >= 0.6 is 0 Å². The summed E-state index contributed by atoms with van der Waals surface area (Å²) in [6, 6.07) is 0. The molecule has 0 aromatic carbocycles. The van der Waals surface area contributed by atoms with E-state index in [4.69, 9.17) is 0 Å². The van der Waals surface area contributed by atoms with Crippen LogP contribution in [0.25, 0.3) is 0 Å². The average Bonchev–Trinajstić information content (AvgIpc) is 2.40. The molecule has 0 amide bonds. The maximum absolute atomic E-state index is 10.1. The molecule has 0 radical (unpaired) electrons. The van der Waals surface area contributed by atoms with Crippen molar-refractivity contribution >= 4 is 25.7 Å². The van der Waals surface area contributed by atoms with Crippen molar-refractivity contribution in [3.63, 3.8) is 0 Å². The molecule has 0 aliphatic heterocycles. The molecule has 0 aromatic rings. The normalized spacial score (nSPS) is 12.4. The van der Waals surface area contributed by atoms with Gasteiger partial charge in [0.15, 0.2) is 0 Å². The van der Waals surface area contributed by atoms with Crippen LogP contribution in [0.2, 0.25) is 10.3 Å². The predicted octanol–water partition coefficient (Wildman–Crippen LogP) is 7.54. The number of hydrogen-bond acceptors (Lipinski definition) is 2. The Balaban J connectivity index is 0. The Kier molecular flexibility index (Phi) is 15.6. The molecule has 162 valence electrons. The van der Waals surface area contributed by atoms with Crippen LogP contribution in [-0.4, -0.2) is 25.7 Å². The van der Waals surface area contributed by atoms with Crippen LogP contribution in [0.1, 0.15) is 133 Å². The molecule has 2 nitrogen and oxygen atoms in total. The fraction of sp³-hybridized carbons (Fsp3) is 0.958. The van der Waals surface area contributed by atoms with Crippen molar-refractivity contribution in [2.24, 2.45) is 0 Å². The third-order valence-corrected chi connectivity index (χ3v) is 17.6. The van der Waals surface area contributed by atoms with E-state index in [-0.39, 0.29) is 6.42 Å². The van der Waals surface area contributed by atoms with Crippen molar-refractivity contribution in [3.05, 3.63) is 0 Å². The number of aliphatic carboxylic acids is 1. The third kappa shape index (κ3) is 18.1. The molecule has 0 unspecified atom stereocenters. The number of carboxylic acids is 1. The van der Waals surface area contributed by atoms with Gasteiger partial charge < -0.3 is 9.90 Å². The van der Waals surface area contributed by atoms with Crippen molar-refractivity contribution in [2.75, 3.05) is 0 Å². The van der Waals surface area contributed by atoms with Gasteiger partial charge in [0.05, 0.1) is 0 Å². The zero-order valence-electron chi connectivity index (χ0n) is 20.4. The molecule has 0 aliphatic carbocycles. The van der Waals surface area contributed by atoms with Gasteiger partial charge in [0.2, 0.25) is 0 Å². The number of rotatable bonds is 10. The molecule has 0 aliphatic rings. The van der Waals surface area contributed by atoms with E-state index in [0.29, 0.717) is 10.3 Å². The molecule has 0 rings (SSSR count). The predicted molar refractivity (Wildman–Crippen MR) is 122 cm³/mol. The van der Waals surface area contributed by atoms with Gasteiger partial charge in [-0.3, -0.25) is 0 Å². The van der Waals surface area contributed by atoms with Gasteiger partial charge in [0, 0.05) is 5.97 Å². The Morgan fingerprint density at radius 3 is 1.15 bits per heavy atom. The van der Waals surface area contributed by atoms with Gasteiger partial charge in [0.1, 0.15) is 0 Å². The summed E-state index contributed by atoms with van der Waals surface area (Å²) in [6.07, 6.45) is 11.2. The Bertz CT molecular complexity index is 336. The summed E-state index contributed by atoms with van der Waals surface area (Å²) in [5.41, 5.74) is 0. The molecule has 0 bridgehead atoms. The molecule has 0 fully saturated rings. The van der Waals surface area contributed by atoms with Crippen molar-refractivity contribution in [1.82, 2.24) is 0 Å². The minimum absolute atomic E-state index is 0.232. The molecular formula is C24H50O2Sn. The van der Waals surface area contributed by atoms with Gasteiger partial charge in [-0.1, -0.05) is 58.3 Å². The first-order valence-corrected chi connectivity index (χ1v) is 15.5. The summed E-state index contributed by atoms with van der Waals surface area (Å²) in [5, 5.41) is 10.1. The van der Waals surface area contributed by atoms with Gasteiger partial charge in [-0.05, 0) is 12.8 Å². The molecule has 0 saturated carbocycles. The quantitative estimate of drug-likeness (QED) is 0.235. The number of hydrogen-bond donors (Lipinski definition) is 0. The summed E-state index contributed by atoms with van der Waals surface area (Å²) in [6.45, 7) is 24.2. The van der Waals surface area contributed by atoms with Crippen molar-refractivity contribution in [3.8, 4) is 0 Å². The van der Waals surface area contributed by atoms with E-state index in [1.165, 1.54) is 44.9 Å². The van der Waals surface area contributed by atoms with Crippen molar-refractivity contribution in [1.29, 1.82) is 0 Å². The Labute approximate surface area is 179 Å². The molecule has 0 heterocycles. The molecule has 0 atom stereocenters. The first kappa shape index (κ1) is 29.5. The van der Waals surface area contributed by atoms with Crippen LogP contribution in [0.15, 0.2) is 0 Å². The van der Waals surface area contributed by atoms with E-state index >= 15 is 0 Å². The van der Waals surface area contributed by atoms with Crippen molar-refractivity contribution in [2.45, 2.75) is 144 Å². The van der Waals surface area contributed by atoms with E-state index in [2.05, 4.69) is 69.2 Å². The van der Waals surface area contributed by atoms with Gasteiger partial charge in [-0.25, -0.2) is 0 Å². The first-order chi connectivity index (χ1) is 12.1. The summed E-state index contributed by atoms with van der Waals surface area (Å²) in [4.78, 5) is 10.1. The molecular weight excluding hydrogens is 439 g/mol. The van der Waals surface area contributed by atoms with Crippen molar-refractivity contribution < 1.29 is 9.90 Å². The standard InChI is InChI=1S/C12H24O2.3C4H9.Sn/c1-2-3-4-5-6-7-8-9-10-11-12(13)14;3*1-4(2)3;/h2-11H2,1H3,(H,13,14);3*1-3H3;/q;;;;+1/p-1. The number of carbonyl (C=O) groups is 1. The van der Waals surface area contributed by atoms with Crippen LogP contribution in [0.5, 0.6) is 0 Å². The molecule has 0 saturated heterocycles. The second kappa shape index (κ2) is 14.3. The summed E-state index contributed by atoms with van der Waals surface area (Å²) >= 11 is -1.43. The Hall–Kier alpha value is 0.269. The second-order valence-corrected chi connectivity index (χ2v) is 26.1. The third-order valence-electron chi connectivity index (χ3n) is 4.73. The van der Waals surface area contributed by atoms with E-state index in [0.717, 1.165) is 12.8 Å². The zero-order valence-corrected chi connectivity index (χ0v) is 23.2.